The summed E-state index contributed by atoms with van der Waals surface area (Å²) in [5, 5.41) is 0. The van der Waals surface area contributed by atoms with Gasteiger partial charge in [-0.2, -0.15) is 0 Å². The van der Waals surface area contributed by atoms with E-state index in [1.54, 1.807) is 0 Å². The summed E-state index contributed by atoms with van der Waals surface area (Å²) in [6.07, 6.45) is -5.83. The van der Waals surface area contributed by atoms with Gasteiger partial charge in [0.2, 0.25) is 0 Å². The third-order valence-corrected chi connectivity index (χ3v) is 5.22. The minimum Gasteiger partial charge on any atom is -0.483 e. The van der Waals surface area contributed by atoms with Gasteiger partial charge in [-0.15, -0.1) is 13.2 Å². The lowest BCUT2D eigenvalue weighted by Crippen LogP contribution is -2.25. The zero-order valence-electron chi connectivity index (χ0n) is 18.7. The van der Waals surface area contributed by atoms with E-state index >= 15 is 0 Å². The Morgan fingerprint density at radius 3 is 1.92 bits per heavy atom. The molecule has 4 nitrogen and oxygen atoms in total. The van der Waals surface area contributed by atoms with Crippen LogP contribution in [0.1, 0.15) is 24.3 Å². The molecule has 0 amide bonds. The second kappa shape index (κ2) is 10.4. The zero-order valence-corrected chi connectivity index (χ0v) is 18.7. The molecule has 1 saturated heterocycles. The van der Waals surface area contributed by atoms with Crippen LogP contribution in [0.25, 0.3) is 11.1 Å². The van der Waals surface area contributed by atoms with Gasteiger partial charge in [0.05, 0.1) is 18.8 Å². The topological polar surface area (TPSA) is 36.9 Å². The van der Waals surface area contributed by atoms with Gasteiger partial charge in [-0.3, -0.25) is 0 Å². The van der Waals surface area contributed by atoms with Gasteiger partial charge in [-0.25, -0.2) is 17.6 Å². The molecule has 36 heavy (non-hydrogen) atoms. The fourth-order valence-electron chi connectivity index (χ4n) is 3.61. The highest BCUT2D eigenvalue weighted by Crippen LogP contribution is 2.33. The molecule has 0 N–H and O–H groups in total. The molecule has 1 fully saturated rings. The second-order valence-corrected chi connectivity index (χ2v) is 8.21. The average Bonchev–Trinajstić information content (AvgIpc) is 2.78. The lowest BCUT2D eigenvalue weighted by Gasteiger charge is -2.27. The number of rotatable bonds is 6. The van der Waals surface area contributed by atoms with Crippen molar-refractivity contribution in [3.63, 3.8) is 0 Å². The van der Waals surface area contributed by atoms with Gasteiger partial charge < -0.3 is 18.9 Å². The van der Waals surface area contributed by atoms with E-state index in [0.717, 1.165) is 48.5 Å². The van der Waals surface area contributed by atoms with Crippen LogP contribution in [0, 0.1) is 29.2 Å². The fraction of sp³-hybridized carbons (Fsp3) is 0.280. The van der Waals surface area contributed by atoms with Crippen molar-refractivity contribution in [2.75, 3.05) is 13.2 Å². The summed E-state index contributed by atoms with van der Waals surface area (Å²) in [5.74, 6) is -5.33. The summed E-state index contributed by atoms with van der Waals surface area (Å²) >= 11 is 0. The maximum Gasteiger partial charge on any atom is 0.573 e. The number of hydrogen-bond acceptors (Lipinski definition) is 4. The van der Waals surface area contributed by atoms with Crippen molar-refractivity contribution in [3.05, 3.63) is 82.9 Å². The van der Waals surface area contributed by atoms with Crippen molar-refractivity contribution in [3.8, 4) is 22.6 Å². The van der Waals surface area contributed by atoms with Crippen LogP contribution in [0.15, 0.2) is 48.5 Å². The summed E-state index contributed by atoms with van der Waals surface area (Å²) in [5.41, 5.74) is -0.485. The van der Waals surface area contributed by atoms with E-state index in [4.69, 9.17) is 14.2 Å². The van der Waals surface area contributed by atoms with E-state index < -0.39 is 59.6 Å². The summed E-state index contributed by atoms with van der Waals surface area (Å²) in [6, 6.07) is 7.74. The molecule has 0 aromatic heterocycles. The van der Waals surface area contributed by atoms with E-state index in [0.29, 0.717) is 13.2 Å². The SMILES string of the molecule is CC1COC(c2cc(F)c(OCc3cc(F)c(-c4ccc(OC(F)(F)F)cc4)c(F)c3)c(F)c2)OC1. The number of ether oxygens (including phenoxy) is 4. The van der Waals surface area contributed by atoms with Gasteiger partial charge in [0.15, 0.2) is 23.7 Å². The largest absolute Gasteiger partial charge is 0.573 e. The van der Waals surface area contributed by atoms with E-state index in [1.807, 2.05) is 6.92 Å². The van der Waals surface area contributed by atoms with Crippen molar-refractivity contribution in [1.82, 2.24) is 0 Å². The number of benzene rings is 3. The minimum absolute atomic E-state index is 0.0405. The number of halogens is 7. The first-order chi connectivity index (χ1) is 17.0. The molecule has 1 heterocycles. The van der Waals surface area contributed by atoms with Crippen molar-refractivity contribution in [1.29, 1.82) is 0 Å². The van der Waals surface area contributed by atoms with Crippen LogP contribution < -0.4 is 9.47 Å². The Balaban J connectivity index is 1.47. The highest BCUT2D eigenvalue weighted by Gasteiger charge is 2.31. The normalized spacial score (nSPS) is 18.2. The van der Waals surface area contributed by atoms with E-state index in [2.05, 4.69) is 4.74 Å². The van der Waals surface area contributed by atoms with E-state index in [1.165, 1.54) is 0 Å². The maximum absolute atomic E-state index is 14.7. The Hall–Kier alpha value is -3.31. The molecule has 0 saturated carbocycles. The first-order valence-electron chi connectivity index (χ1n) is 10.7. The van der Waals surface area contributed by atoms with Crippen LogP contribution in [-0.2, 0) is 16.1 Å². The van der Waals surface area contributed by atoms with Crippen LogP contribution in [0.2, 0.25) is 0 Å². The van der Waals surface area contributed by atoms with Gasteiger partial charge in [-0.05, 0) is 47.5 Å². The highest BCUT2D eigenvalue weighted by molar-refractivity contribution is 5.66. The monoisotopic (exact) mass is 516 g/mol. The third-order valence-electron chi connectivity index (χ3n) is 5.22. The van der Waals surface area contributed by atoms with Crippen LogP contribution >= 0.6 is 0 Å². The molecular formula is C25H19F7O4. The van der Waals surface area contributed by atoms with E-state index in [9.17, 15) is 30.7 Å². The van der Waals surface area contributed by atoms with Gasteiger partial charge in [0.1, 0.15) is 24.0 Å². The van der Waals surface area contributed by atoms with Gasteiger partial charge in [0, 0.05) is 11.5 Å². The van der Waals surface area contributed by atoms with Crippen molar-refractivity contribution in [2.45, 2.75) is 26.2 Å². The molecule has 3 aromatic rings. The van der Waals surface area contributed by atoms with Crippen molar-refractivity contribution >= 4 is 0 Å². The van der Waals surface area contributed by atoms with Crippen LogP contribution in [-0.4, -0.2) is 19.6 Å². The summed E-state index contributed by atoms with van der Waals surface area (Å²) in [7, 11) is 0. The van der Waals surface area contributed by atoms with E-state index in [-0.39, 0.29) is 22.6 Å². The Bertz CT molecular complexity index is 1170. The smallest absolute Gasteiger partial charge is 0.483 e. The molecule has 0 aliphatic carbocycles. The lowest BCUT2D eigenvalue weighted by atomic mass is 10.0. The summed E-state index contributed by atoms with van der Waals surface area (Å²) in [6.45, 7) is 2.07. The number of hydrogen-bond donors (Lipinski definition) is 0. The Morgan fingerprint density at radius 1 is 0.833 bits per heavy atom. The predicted molar refractivity (Wildman–Crippen MR) is 113 cm³/mol. The lowest BCUT2D eigenvalue weighted by molar-refractivity contribution is -0.274. The summed E-state index contributed by atoms with van der Waals surface area (Å²) < 4.78 is 115. The van der Waals surface area contributed by atoms with Crippen molar-refractivity contribution in [2.24, 2.45) is 5.92 Å². The molecule has 1 aliphatic rings. The Kier molecular flexibility index (Phi) is 7.41. The maximum atomic E-state index is 14.7. The van der Waals surface area contributed by atoms with Gasteiger partial charge >= 0.3 is 6.36 Å². The molecule has 4 rings (SSSR count). The fourth-order valence-corrected chi connectivity index (χ4v) is 3.61. The average molecular weight is 516 g/mol. The van der Waals surface area contributed by atoms with Crippen LogP contribution in [0.4, 0.5) is 30.7 Å². The molecule has 192 valence electrons. The Labute approximate surface area is 201 Å². The first kappa shape index (κ1) is 25.8. The van der Waals surface area contributed by atoms with Gasteiger partial charge in [0.25, 0.3) is 0 Å². The molecule has 0 bridgehead atoms. The van der Waals surface area contributed by atoms with Gasteiger partial charge in [-0.1, -0.05) is 19.1 Å². The van der Waals surface area contributed by atoms with Crippen molar-refractivity contribution < 1.29 is 49.7 Å². The minimum atomic E-state index is -4.91. The molecule has 3 aromatic carbocycles. The standard InChI is InChI=1S/C25H19F7O4/c1-13-10-34-24(35-11-13)16-8-20(28)23(21(29)9-16)33-12-14-6-18(26)22(19(27)7-14)15-2-4-17(5-3-15)36-25(30,31)32/h2-9,13,24H,10-12H2,1H3. The quantitative estimate of drug-likeness (QED) is 0.329. The zero-order chi connectivity index (χ0) is 26.0. The first-order valence-corrected chi connectivity index (χ1v) is 10.7. The molecule has 0 spiro atoms. The van der Waals surface area contributed by atoms with Crippen LogP contribution in [0.5, 0.6) is 11.5 Å². The predicted octanol–water partition coefficient (Wildman–Crippen LogP) is 7.07. The second-order valence-electron chi connectivity index (χ2n) is 8.21. The summed E-state index contributed by atoms with van der Waals surface area (Å²) in [4.78, 5) is 0. The molecule has 0 atom stereocenters. The van der Waals surface area contributed by atoms with Crippen LogP contribution in [0.3, 0.4) is 0 Å². The highest BCUT2D eigenvalue weighted by atomic mass is 19.4. The molecular weight excluding hydrogens is 497 g/mol. The Morgan fingerprint density at radius 2 is 1.39 bits per heavy atom. The molecule has 0 radical (unpaired) electrons. The molecule has 1 aliphatic heterocycles. The number of alkyl halides is 3. The molecule has 0 unspecified atom stereocenters. The third kappa shape index (κ3) is 6.08. The molecule has 11 heteroatoms.